The summed E-state index contributed by atoms with van der Waals surface area (Å²) in [4.78, 5) is 35.6. The first kappa shape index (κ1) is 26.1. The van der Waals surface area contributed by atoms with E-state index >= 15 is 0 Å². The first-order chi connectivity index (χ1) is 18.0. The molecule has 1 heterocycles. The highest BCUT2D eigenvalue weighted by Crippen LogP contribution is 2.36. The van der Waals surface area contributed by atoms with Gasteiger partial charge >= 0.3 is 17.6 Å². The second-order valence-electron chi connectivity index (χ2n) is 7.92. The van der Waals surface area contributed by atoms with Gasteiger partial charge in [0.15, 0.2) is 5.82 Å². The van der Waals surface area contributed by atoms with E-state index in [-0.39, 0.29) is 27.6 Å². The lowest BCUT2D eigenvalue weighted by atomic mass is 10.2. The monoisotopic (exact) mass is 531 g/mol. The Balaban J connectivity index is 1.74. The van der Waals surface area contributed by atoms with Crippen molar-refractivity contribution in [3.05, 3.63) is 121 Å². The minimum absolute atomic E-state index is 0.0314. The van der Waals surface area contributed by atoms with E-state index < -0.39 is 51.0 Å². The van der Waals surface area contributed by atoms with Crippen molar-refractivity contribution in [3.63, 3.8) is 0 Å². The molecule has 196 valence electrons. The molecular formula is C25H17F4N3O6. The lowest BCUT2D eigenvalue weighted by Gasteiger charge is -2.15. The number of halogens is 4. The zero-order valence-corrected chi connectivity index (χ0v) is 19.4. The standard InChI is InChI=1S/C25H17F4N3O6/c1-30-22(25(27,28)29)13-23(33)31(24(30)34)19-12-21(20(32(35)36)11-18(19)26)38-17-9-5-8-16(10-17)37-14-15-6-3-2-4-7-15/h2-13H,14H2,1H3. The fourth-order valence-electron chi connectivity index (χ4n) is 3.54. The molecule has 0 fully saturated rings. The normalized spacial score (nSPS) is 11.3. The summed E-state index contributed by atoms with van der Waals surface area (Å²) in [7, 11) is 0.753. The van der Waals surface area contributed by atoms with Gasteiger partial charge in [0, 0.05) is 25.2 Å². The van der Waals surface area contributed by atoms with Gasteiger partial charge in [-0.1, -0.05) is 36.4 Å². The number of alkyl halides is 3. The number of nitro benzene ring substituents is 1. The van der Waals surface area contributed by atoms with Crippen LogP contribution < -0.4 is 20.7 Å². The quantitative estimate of drug-likeness (QED) is 0.189. The Kier molecular flexibility index (Phi) is 7.02. The molecule has 38 heavy (non-hydrogen) atoms. The Labute approximate surface area is 210 Å². The molecule has 0 saturated heterocycles. The smallest absolute Gasteiger partial charge is 0.431 e. The first-order valence-electron chi connectivity index (χ1n) is 10.8. The number of aromatic nitrogens is 2. The molecular weight excluding hydrogens is 514 g/mol. The molecule has 4 rings (SSSR count). The molecule has 0 N–H and O–H groups in total. The Morgan fingerprint density at radius 3 is 2.29 bits per heavy atom. The predicted molar refractivity (Wildman–Crippen MR) is 126 cm³/mol. The van der Waals surface area contributed by atoms with Crippen LogP contribution in [0, 0.1) is 15.9 Å². The molecule has 13 heteroatoms. The third-order valence-electron chi connectivity index (χ3n) is 5.36. The summed E-state index contributed by atoms with van der Waals surface area (Å²) in [6.45, 7) is 0.214. The van der Waals surface area contributed by atoms with E-state index in [2.05, 4.69) is 0 Å². The van der Waals surface area contributed by atoms with Gasteiger partial charge in [0.1, 0.15) is 23.8 Å². The van der Waals surface area contributed by atoms with Crippen LogP contribution in [0.2, 0.25) is 0 Å². The molecule has 0 amide bonds. The number of hydrogen-bond acceptors (Lipinski definition) is 6. The van der Waals surface area contributed by atoms with Gasteiger partial charge in [0.2, 0.25) is 5.75 Å². The van der Waals surface area contributed by atoms with Crippen LogP contribution in [-0.4, -0.2) is 14.1 Å². The Morgan fingerprint density at radius 1 is 0.947 bits per heavy atom. The van der Waals surface area contributed by atoms with Crippen molar-refractivity contribution in [2.75, 3.05) is 0 Å². The predicted octanol–water partition coefficient (Wildman–Crippen LogP) is 4.97. The van der Waals surface area contributed by atoms with Crippen LogP contribution in [-0.2, 0) is 19.8 Å². The van der Waals surface area contributed by atoms with Crippen LogP contribution in [0.3, 0.4) is 0 Å². The molecule has 0 atom stereocenters. The molecule has 0 aliphatic rings. The van der Waals surface area contributed by atoms with Crippen LogP contribution in [0.4, 0.5) is 23.2 Å². The van der Waals surface area contributed by atoms with E-state index in [1.54, 1.807) is 6.07 Å². The number of ether oxygens (including phenoxy) is 2. The summed E-state index contributed by atoms with van der Waals surface area (Å²) in [5.74, 6) is -1.60. The molecule has 1 aromatic heterocycles. The van der Waals surface area contributed by atoms with Crippen LogP contribution in [0.15, 0.2) is 82.4 Å². The third kappa shape index (κ3) is 5.40. The number of benzene rings is 3. The second kappa shape index (κ2) is 10.2. The van der Waals surface area contributed by atoms with Crippen molar-refractivity contribution >= 4 is 5.69 Å². The molecule has 0 aliphatic carbocycles. The highest BCUT2D eigenvalue weighted by molar-refractivity contribution is 5.56. The number of rotatable bonds is 7. The van der Waals surface area contributed by atoms with Gasteiger partial charge in [-0.05, 0) is 17.7 Å². The zero-order valence-electron chi connectivity index (χ0n) is 19.4. The van der Waals surface area contributed by atoms with Gasteiger partial charge in [0.05, 0.1) is 16.7 Å². The lowest BCUT2D eigenvalue weighted by molar-refractivity contribution is -0.385. The average molecular weight is 531 g/mol. The maximum absolute atomic E-state index is 14.9. The molecule has 3 aromatic carbocycles. The molecule has 0 spiro atoms. The Bertz CT molecular complexity index is 1630. The van der Waals surface area contributed by atoms with Gasteiger partial charge in [0.25, 0.3) is 5.56 Å². The van der Waals surface area contributed by atoms with Crippen LogP contribution in [0.1, 0.15) is 11.3 Å². The summed E-state index contributed by atoms with van der Waals surface area (Å²) in [6, 6.07) is 16.4. The molecule has 0 aliphatic heterocycles. The van der Waals surface area contributed by atoms with Gasteiger partial charge in [-0.15, -0.1) is 0 Å². The highest BCUT2D eigenvalue weighted by Gasteiger charge is 2.35. The molecule has 0 saturated carbocycles. The molecule has 0 radical (unpaired) electrons. The van der Waals surface area contributed by atoms with Crippen molar-refractivity contribution in [3.8, 4) is 22.9 Å². The summed E-state index contributed by atoms with van der Waals surface area (Å²) in [5, 5.41) is 11.6. The SMILES string of the molecule is Cn1c(C(F)(F)F)cc(=O)n(-c2cc(Oc3cccc(OCc4ccccc4)c3)c([N+](=O)[O-])cc2F)c1=O. The van der Waals surface area contributed by atoms with E-state index in [1.807, 2.05) is 30.3 Å². The minimum Gasteiger partial charge on any atom is -0.489 e. The van der Waals surface area contributed by atoms with Gasteiger partial charge < -0.3 is 9.47 Å². The molecule has 9 nitrogen and oxygen atoms in total. The van der Waals surface area contributed by atoms with E-state index in [4.69, 9.17) is 9.47 Å². The van der Waals surface area contributed by atoms with E-state index in [0.29, 0.717) is 17.9 Å². The fourth-order valence-corrected chi connectivity index (χ4v) is 3.54. The molecule has 0 unspecified atom stereocenters. The summed E-state index contributed by atoms with van der Waals surface area (Å²) in [6.07, 6.45) is -5.03. The maximum Gasteiger partial charge on any atom is 0.431 e. The molecule has 4 aromatic rings. The van der Waals surface area contributed by atoms with Crippen molar-refractivity contribution in [1.29, 1.82) is 0 Å². The maximum atomic E-state index is 14.9. The third-order valence-corrected chi connectivity index (χ3v) is 5.36. The Hall–Kier alpha value is -4.94. The van der Waals surface area contributed by atoms with E-state index in [0.717, 1.165) is 12.6 Å². The van der Waals surface area contributed by atoms with Crippen molar-refractivity contribution in [2.45, 2.75) is 12.8 Å². The number of nitro groups is 1. The van der Waals surface area contributed by atoms with Gasteiger partial charge in [-0.25, -0.2) is 13.8 Å². The summed E-state index contributed by atoms with van der Waals surface area (Å²) in [5.41, 5.74) is -5.36. The van der Waals surface area contributed by atoms with Crippen molar-refractivity contribution in [2.24, 2.45) is 7.05 Å². The van der Waals surface area contributed by atoms with Crippen LogP contribution in [0.5, 0.6) is 17.2 Å². The highest BCUT2D eigenvalue weighted by atomic mass is 19.4. The lowest BCUT2D eigenvalue weighted by Crippen LogP contribution is -2.41. The van der Waals surface area contributed by atoms with E-state index in [9.17, 15) is 37.3 Å². The van der Waals surface area contributed by atoms with Crippen LogP contribution >= 0.6 is 0 Å². The van der Waals surface area contributed by atoms with Crippen LogP contribution in [0.25, 0.3) is 5.69 Å². The summed E-state index contributed by atoms with van der Waals surface area (Å²) < 4.78 is 65.9. The van der Waals surface area contributed by atoms with Crippen molar-refractivity contribution < 1.29 is 32.0 Å². The fraction of sp³-hybridized carbons (Fsp3) is 0.120. The number of hydrogen-bond donors (Lipinski definition) is 0. The Morgan fingerprint density at radius 2 is 1.63 bits per heavy atom. The van der Waals surface area contributed by atoms with Crippen molar-refractivity contribution in [1.82, 2.24) is 9.13 Å². The second-order valence-corrected chi connectivity index (χ2v) is 7.92. The summed E-state index contributed by atoms with van der Waals surface area (Å²) >= 11 is 0. The zero-order chi connectivity index (χ0) is 27.6. The number of nitrogens with zero attached hydrogens (tertiary/aromatic N) is 3. The van der Waals surface area contributed by atoms with E-state index in [1.165, 1.54) is 18.2 Å². The van der Waals surface area contributed by atoms with Gasteiger partial charge in [-0.3, -0.25) is 19.5 Å². The largest absolute Gasteiger partial charge is 0.489 e. The first-order valence-corrected chi connectivity index (χ1v) is 10.8. The van der Waals surface area contributed by atoms with Gasteiger partial charge in [-0.2, -0.15) is 13.2 Å². The topological polar surface area (TPSA) is 106 Å². The average Bonchev–Trinajstić information content (AvgIpc) is 2.86. The molecule has 0 bridgehead atoms. The minimum atomic E-state index is -5.03.